The largest absolute Gasteiger partial charge is 0.354 e. The SMILES string of the molecule is CNC(=O)N(OC)C(=O)Nc1ccccc1F. The first-order valence-electron chi connectivity index (χ1n) is 4.71. The van der Waals surface area contributed by atoms with Gasteiger partial charge in [-0.1, -0.05) is 12.1 Å². The molecule has 0 aliphatic carbocycles. The lowest BCUT2D eigenvalue weighted by atomic mass is 10.3. The van der Waals surface area contributed by atoms with Gasteiger partial charge in [0, 0.05) is 7.05 Å². The Labute approximate surface area is 97.3 Å². The minimum absolute atomic E-state index is 0.0385. The number of para-hydroxylation sites is 1. The smallest absolute Gasteiger partial charge is 0.339 e. The van der Waals surface area contributed by atoms with E-state index < -0.39 is 17.9 Å². The number of anilines is 1. The van der Waals surface area contributed by atoms with Gasteiger partial charge in [0.25, 0.3) is 0 Å². The highest BCUT2D eigenvalue weighted by Crippen LogP contribution is 2.13. The van der Waals surface area contributed by atoms with Gasteiger partial charge < -0.3 is 10.6 Å². The number of urea groups is 2. The van der Waals surface area contributed by atoms with Crippen LogP contribution < -0.4 is 10.6 Å². The highest BCUT2D eigenvalue weighted by molar-refractivity contribution is 5.99. The lowest BCUT2D eigenvalue weighted by Crippen LogP contribution is -2.43. The molecule has 0 atom stereocenters. The highest BCUT2D eigenvalue weighted by atomic mass is 19.1. The fourth-order valence-corrected chi connectivity index (χ4v) is 1.09. The summed E-state index contributed by atoms with van der Waals surface area (Å²) in [5.74, 6) is -0.603. The quantitative estimate of drug-likeness (QED) is 0.772. The van der Waals surface area contributed by atoms with E-state index in [2.05, 4.69) is 15.5 Å². The Morgan fingerprint density at radius 1 is 1.29 bits per heavy atom. The Balaban J connectivity index is 2.78. The Kier molecular flexibility index (Phi) is 4.41. The number of carbonyl (C=O) groups is 2. The van der Waals surface area contributed by atoms with Gasteiger partial charge in [-0.3, -0.25) is 4.84 Å². The summed E-state index contributed by atoms with van der Waals surface area (Å²) in [5, 5.41) is 4.84. The van der Waals surface area contributed by atoms with Crippen LogP contribution in [0.2, 0.25) is 0 Å². The van der Waals surface area contributed by atoms with Gasteiger partial charge in [0.2, 0.25) is 0 Å². The van der Waals surface area contributed by atoms with Crippen molar-refractivity contribution < 1.29 is 18.8 Å². The first-order chi connectivity index (χ1) is 8.10. The molecular weight excluding hydrogens is 229 g/mol. The van der Waals surface area contributed by atoms with Gasteiger partial charge in [-0.25, -0.2) is 14.0 Å². The molecule has 92 valence electrons. The maximum atomic E-state index is 13.2. The van der Waals surface area contributed by atoms with E-state index in [-0.39, 0.29) is 5.69 Å². The van der Waals surface area contributed by atoms with Crippen molar-refractivity contribution in [3.05, 3.63) is 30.1 Å². The average molecular weight is 241 g/mol. The number of halogens is 1. The van der Waals surface area contributed by atoms with Crippen molar-refractivity contribution >= 4 is 17.7 Å². The number of hydroxylamine groups is 2. The fourth-order valence-electron chi connectivity index (χ4n) is 1.09. The molecule has 0 saturated carbocycles. The third-order valence-corrected chi connectivity index (χ3v) is 1.88. The Hall–Kier alpha value is -2.15. The van der Waals surface area contributed by atoms with E-state index in [1.807, 2.05) is 0 Å². The third-order valence-electron chi connectivity index (χ3n) is 1.88. The van der Waals surface area contributed by atoms with Crippen molar-refractivity contribution in [1.29, 1.82) is 0 Å². The number of nitrogens with zero attached hydrogens (tertiary/aromatic N) is 1. The van der Waals surface area contributed by atoms with E-state index in [4.69, 9.17) is 0 Å². The molecule has 0 aliphatic rings. The van der Waals surface area contributed by atoms with Gasteiger partial charge in [-0.15, -0.1) is 5.06 Å². The molecule has 17 heavy (non-hydrogen) atoms. The number of benzene rings is 1. The summed E-state index contributed by atoms with van der Waals surface area (Å²) in [4.78, 5) is 27.3. The van der Waals surface area contributed by atoms with Crippen LogP contribution >= 0.6 is 0 Å². The van der Waals surface area contributed by atoms with Crippen LogP contribution in [0.1, 0.15) is 0 Å². The number of hydrogen-bond acceptors (Lipinski definition) is 3. The molecule has 0 heterocycles. The van der Waals surface area contributed by atoms with Crippen LogP contribution in [-0.4, -0.2) is 31.3 Å². The predicted octanol–water partition coefficient (Wildman–Crippen LogP) is 1.56. The molecule has 1 rings (SSSR count). The lowest BCUT2D eigenvalue weighted by Gasteiger charge is -2.17. The summed E-state index contributed by atoms with van der Waals surface area (Å²) in [6.07, 6.45) is 0. The van der Waals surface area contributed by atoms with E-state index in [0.29, 0.717) is 5.06 Å². The van der Waals surface area contributed by atoms with Crippen molar-refractivity contribution in [3.63, 3.8) is 0 Å². The molecule has 2 N–H and O–H groups in total. The molecule has 0 unspecified atom stereocenters. The zero-order valence-electron chi connectivity index (χ0n) is 9.36. The van der Waals surface area contributed by atoms with E-state index in [1.165, 1.54) is 25.2 Å². The summed E-state index contributed by atoms with van der Waals surface area (Å²) >= 11 is 0. The number of nitrogens with one attached hydrogen (secondary N) is 2. The van der Waals surface area contributed by atoms with Crippen molar-refractivity contribution in [2.45, 2.75) is 0 Å². The summed E-state index contributed by atoms with van der Waals surface area (Å²) in [5.41, 5.74) is -0.0385. The molecule has 0 spiro atoms. The third kappa shape index (κ3) is 3.15. The van der Waals surface area contributed by atoms with Gasteiger partial charge in [-0.2, -0.15) is 0 Å². The first-order valence-corrected chi connectivity index (χ1v) is 4.71. The van der Waals surface area contributed by atoms with Gasteiger partial charge in [0.05, 0.1) is 12.8 Å². The van der Waals surface area contributed by atoms with E-state index >= 15 is 0 Å². The molecule has 0 aromatic heterocycles. The maximum absolute atomic E-state index is 13.2. The van der Waals surface area contributed by atoms with Crippen LogP contribution in [0.25, 0.3) is 0 Å². The van der Waals surface area contributed by atoms with E-state index in [0.717, 1.165) is 7.11 Å². The normalized spacial score (nSPS) is 9.59. The minimum Gasteiger partial charge on any atom is -0.339 e. The standard InChI is InChI=1S/C10H12FN3O3/c1-12-9(15)14(17-2)10(16)13-8-6-4-3-5-7(8)11/h3-6H,1-2H3,(H,12,15)(H,13,16). The van der Waals surface area contributed by atoms with Crippen molar-refractivity contribution in [1.82, 2.24) is 10.4 Å². The molecular formula is C10H12FN3O3. The summed E-state index contributed by atoms with van der Waals surface area (Å²) in [7, 11) is 2.49. The number of carbonyl (C=O) groups excluding carboxylic acids is 2. The van der Waals surface area contributed by atoms with Crippen LogP contribution in [0.15, 0.2) is 24.3 Å². The topological polar surface area (TPSA) is 70.7 Å². The van der Waals surface area contributed by atoms with Gasteiger partial charge >= 0.3 is 12.1 Å². The van der Waals surface area contributed by atoms with Crippen molar-refractivity contribution in [3.8, 4) is 0 Å². The zero-order valence-corrected chi connectivity index (χ0v) is 9.36. The molecule has 0 bridgehead atoms. The van der Waals surface area contributed by atoms with Crippen LogP contribution in [-0.2, 0) is 4.84 Å². The average Bonchev–Trinajstić information content (AvgIpc) is 2.32. The molecule has 0 radical (unpaired) electrons. The number of rotatable bonds is 2. The summed E-state index contributed by atoms with van der Waals surface area (Å²) in [6.45, 7) is 0. The molecule has 0 saturated heterocycles. The van der Waals surface area contributed by atoms with Crippen LogP contribution in [0.5, 0.6) is 0 Å². The van der Waals surface area contributed by atoms with Crippen LogP contribution in [0.4, 0.5) is 19.7 Å². The highest BCUT2D eigenvalue weighted by Gasteiger charge is 2.21. The Morgan fingerprint density at radius 2 is 1.94 bits per heavy atom. The number of amides is 4. The van der Waals surface area contributed by atoms with E-state index in [9.17, 15) is 14.0 Å². The summed E-state index contributed by atoms with van der Waals surface area (Å²) < 4.78 is 13.2. The molecule has 7 heteroatoms. The molecule has 1 aromatic carbocycles. The number of imide groups is 1. The predicted molar refractivity (Wildman–Crippen MR) is 58.7 cm³/mol. The molecule has 0 fully saturated rings. The first kappa shape index (κ1) is 12.9. The van der Waals surface area contributed by atoms with Crippen LogP contribution in [0, 0.1) is 5.82 Å². The molecule has 4 amide bonds. The summed E-state index contributed by atoms with van der Waals surface area (Å²) in [6, 6.07) is 3.93. The second kappa shape index (κ2) is 5.80. The van der Waals surface area contributed by atoms with Gasteiger partial charge in [0.1, 0.15) is 5.82 Å². The molecule has 0 aliphatic heterocycles. The Bertz CT molecular complexity index is 425. The van der Waals surface area contributed by atoms with Crippen molar-refractivity contribution in [2.75, 3.05) is 19.5 Å². The zero-order chi connectivity index (χ0) is 12.8. The van der Waals surface area contributed by atoms with E-state index in [1.54, 1.807) is 6.07 Å². The second-order valence-electron chi connectivity index (χ2n) is 2.94. The Morgan fingerprint density at radius 3 is 2.47 bits per heavy atom. The second-order valence-corrected chi connectivity index (χ2v) is 2.94. The lowest BCUT2D eigenvalue weighted by molar-refractivity contribution is -0.0415. The van der Waals surface area contributed by atoms with Gasteiger partial charge in [-0.05, 0) is 12.1 Å². The van der Waals surface area contributed by atoms with Gasteiger partial charge in [0.15, 0.2) is 0 Å². The molecule has 1 aromatic rings. The maximum Gasteiger partial charge on any atom is 0.354 e. The monoisotopic (exact) mass is 241 g/mol. The number of hydrogen-bond donors (Lipinski definition) is 2. The fraction of sp³-hybridized carbons (Fsp3) is 0.200. The van der Waals surface area contributed by atoms with Crippen molar-refractivity contribution in [2.24, 2.45) is 0 Å². The minimum atomic E-state index is -0.892. The molecule has 6 nitrogen and oxygen atoms in total. The van der Waals surface area contributed by atoms with Crippen LogP contribution in [0.3, 0.4) is 0 Å².